The van der Waals surface area contributed by atoms with Gasteiger partial charge in [0.1, 0.15) is 0 Å². The number of fused-ring (bicyclic) bond motifs is 1. The van der Waals surface area contributed by atoms with Crippen LogP contribution in [-0.2, 0) is 6.54 Å². The molecule has 0 saturated carbocycles. The summed E-state index contributed by atoms with van der Waals surface area (Å²) in [5.74, 6) is 0. The van der Waals surface area contributed by atoms with Crippen LogP contribution >= 0.6 is 11.3 Å². The van der Waals surface area contributed by atoms with Gasteiger partial charge >= 0.3 is 0 Å². The number of piperidine rings is 1. The molecule has 7 nitrogen and oxygen atoms in total. The molecule has 0 spiro atoms. The van der Waals surface area contributed by atoms with Crippen LogP contribution in [0.4, 0.5) is 0 Å². The smallest absolute Gasteiger partial charge is 0.261 e. The Morgan fingerprint density at radius 2 is 2.25 bits per heavy atom. The lowest BCUT2D eigenvalue weighted by Crippen LogP contribution is -2.47. The predicted molar refractivity (Wildman–Crippen MR) is 110 cm³/mol. The Bertz CT molecular complexity index is 1020. The summed E-state index contributed by atoms with van der Waals surface area (Å²) in [5, 5.41) is 26.3. The first-order valence-corrected chi connectivity index (χ1v) is 10.4. The maximum Gasteiger partial charge on any atom is 0.261 e. The van der Waals surface area contributed by atoms with Crippen molar-refractivity contribution < 1.29 is 10.2 Å². The molecule has 0 amide bonds. The molecule has 4 rings (SSSR count). The Morgan fingerprint density at radius 1 is 1.39 bits per heavy atom. The summed E-state index contributed by atoms with van der Waals surface area (Å²) in [5.41, 5.74) is 4.89. The zero-order valence-corrected chi connectivity index (χ0v) is 16.5. The van der Waals surface area contributed by atoms with Crippen LogP contribution in [0.5, 0.6) is 0 Å². The standard InChI is InChI=1S/C20H24N4O3S/c1-12-5-13(17-9-28-11-23-17)6-15-19(12)22-10-24(20(15)27)8-14(25)7-16-18(26)3-2-4-21-16/h5-6,9-11,14,16,18,21,25-26H,2-4,7-8H2,1H3/t14?,16-,18+/m1/s1. The summed E-state index contributed by atoms with van der Waals surface area (Å²) >= 11 is 1.51. The molecule has 1 aromatic carbocycles. The Balaban J connectivity index is 1.61. The highest BCUT2D eigenvalue weighted by molar-refractivity contribution is 7.07. The van der Waals surface area contributed by atoms with Crippen molar-refractivity contribution in [1.29, 1.82) is 0 Å². The maximum absolute atomic E-state index is 13.0. The first-order chi connectivity index (χ1) is 13.5. The Hall–Kier alpha value is -2.13. The normalized spacial score (nSPS) is 21.1. The molecule has 28 heavy (non-hydrogen) atoms. The molecule has 0 aliphatic carbocycles. The van der Waals surface area contributed by atoms with E-state index in [0.29, 0.717) is 17.3 Å². The van der Waals surface area contributed by atoms with E-state index in [4.69, 9.17) is 0 Å². The second-order valence-corrected chi connectivity index (χ2v) is 8.14. The number of hydrogen-bond acceptors (Lipinski definition) is 7. The van der Waals surface area contributed by atoms with Gasteiger partial charge in [-0.15, -0.1) is 11.3 Å². The van der Waals surface area contributed by atoms with Gasteiger partial charge in [-0.05, 0) is 50.4 Å². The van der Waals surface area contributed by atoms with Gasteiger partial charge in [-0.3, -0.25) is 9.36 Å². The second kappa shape index (κ2) is 8.08. The molecule has 1 saturated heterocycles. The molecule has 0 radical (unpaired) electrons. The van der Waals surface area contributed by atoms with Gasteiger partial charge in [-0.1, -0.05) is 0 Å². The van der Waals surface area contributed by atoms with Gasteiger partial charge in [-0.2, -0.15) is 0 Å². The predicted octanol–water partition coefficient (Wildman–Crippen LogP) is 1.69. The lowest BCUT2D eigenvalue weighted by molar-refractivity contribution is 0.0539. The third-order valence-electron chi connectivity index (χ3n) is 5.33. The Morgan fingerprint density at radius 3 is 3.00 bits per heavy atom. The van der Waals surface area contributed by atoms with Crippen LogP contribution < -0.4 is 10.9 Å². The highest BCUT2D eigenvalue weighted by Gasteiger charge is 2.25. The fourth-order valence-corrected chi connectivity index (χ4v) is 4.41. The Kier molecular flexibility index (Phi) is 5.54. The quantitative estimate of drug-likeness (QED) is 0.603. The van der Waals surface area contributed by atoms with Crippen molar-refractivity contribution in [2.45, 2.75) is 51.0 Å². The monoisotopic (exact) mass is 400 g/mol. The third-order valence-corrected chi connectivity index (χ3v) is 5.91. The minimum Gasteiger partial charge on any atom is -0.392 e. The van der Waals surface area contributed by atoms with E-state index < -0.39 is 12.2 Å². The van der Waals surface area contributed by atoms with Gasteiger partial charge in [-0.25, -0.2) is 9.97 Å². The zero-order valence-electron chi connectivity index (χ0n) is 15.7. The summed E-state index contributed by atoms with van der Waals surface area (Å²) in [6, 6.07) is 3.66. The number of rotatable bonds is 5. The van der Waals surface area contributed by atoms with Gasteiger partial charge in [0.05, 0.1) is 47.2 Å². The topological polar surface area (TPSA) is 100 Å². The number of aliphatic hydroxyl groups is 2. The van der Waals surface area contributed by atoms with E-state index in [-0.39, 0.29) is 18.1 Å². The van der Waals surface area contributed by atoms with E-state index in [2.05, 4.69) is 15.3 Å². The molecule has 148 valence electrons. The minimum absolute atomic E-state index is 0.145. The summed E-state index contributed by atoms with van der Waals surface area (Å²) in [6.45, 7) is 2.91. The molecule has 1 aliphatic heterocycles. The lowest BCUT2D eigenvalue weighted by Gasteiger charge is -2.30. The summed E-state index contributed by atoms with van der Waals surface area (Å²) in [7, 11) is 0. The summed E-state index contributed by atoms with van der Waals surface area (Å²) < 4.78 is 1.45. The van der Waals surface area contributed by atoms with Gasteiger partial charge in [0.25, 0.3) is 5.56 Å². The van der Waals surface area contributed by atoms with E-state index in [1.54, 1.807) is 5.51 Å². The molecule has 3 N–H and O–H groups in total. The molecule has 2 aromatic heterocycles. The molecule has 3 atom stereocenters. The van der Waals surface area contributed by atoms with Gasteiger partial charge in [0, 0.05) is 17.0 Å². The minimum atomic E-state index is -0.745. The van der Waals surface area contributed by atoms with Crippen molar-refractivity contribution in [2.75, 3.05) is 6.54 Å². The van der Waals surface area contributed by atoms with Crippen molar-refractivity contribution in [2.24, 2.45) is 0 Å². The molecule has 1 unspecified atom stereocenters. The van der Waals surface area contributed by atoms with Crippen LogP contribution in [0, 0.1) is 6.92 Å². The van der Waals surface area contributed by atoms with Crippen LogP contribution in [0.1, 0.15) is 24.8 Å². The Labute approximate surface area is 166 Å². The van der Waals surface area contributed by atoms with Crippen molar-refractivity contribution in [3.63, 3.8) is 0 Å². The van der Waals surface area contributed by atoms with Crippen molar-refractivity contribution in [3.8, 4) is 11.3 Å². The number of nitrogens with zero attached hydrogens (tertiary/aromatic N) is 3. The molecule has 0 bridgehead atoms. The van der Waals surface area contributed by atoms with Crippen LogP contribution in [-0.4, -0.2) is 49.5 Å². The van der Waals surface area contributed by atoms with Gasteiger partial charge in [0.2, 0.25) is 0 Å². The largest absolute Gasteiger partial charge is 0.392 e. The molecular weight excluding hydrogens is 376 g/mol. The number of aryl methyl sites for hydroxylation is 1. The van der Waals surface area contributed by atoms with Gasteiger partial charge < -0.3 is 15.5 Å². The van der Waals surface area contributed by atoms with E-state index >= 15 is 0 Å². The van der Waals surface area contributed by atoms with Crippen molar-refractivity contribution >= 4 is 22.2 Å². The zero-order chi connectivity index (χ0) is 19.7. The number of aromatic nitrogens is 3. The number of benzene rings is 1. The highest BCUT2D eigenvalue weighted by Crippen LogP contribution is 2.24. The first kappa shape index (κ1) is 19.2. The van der Waals surface area contributed by atoms with Crippen LogP contribution in [0.3, 0.4) is 0 Å². The molecule has 3 heterocycles. The third kappa shape index (κ3) is 3.86. The highest BCUT2D eigenvalue weighted by atomic mass is 32.1. The van der Waals surface area contributed by atoms with E-state index in [1.807, 2.05) is 24.4 Å². The summed E-state index contributed by atoms with van der Waals surface area (Å²) in [4.78, 5) is 21.8. The number of nitrogens with one attached hydrogen (secondary N) is 1. The van der Waals surface area contributed by atoms with Crippen LogP contribution in [0.15, 0.2) is 34.1 Å². The average Bonchev–Trinajstić information content (AvgIpc) is 3.21. The maximum atomic E-state index is 13.0. The van der Waals surface area contributed by atoms with Gasteiger partial charge in [0.15, 0.2) is 0 Å². The summed E-state index contributed by atoms with van der Waals surface area (Å²) in [6.07, 6.45) is 2.35. The number of aliphatic hydroxyl groups excluding tert-OH is 2. The fourth-order valence-electron chi connectivity index (χ4n) is 3.85. The SMILES string of the molecule is Cc1cc(-c2cscn2)cc2c(=O)n(CC(O)C[C@H]3NCCC[C@@H]3O)cnc12. The second-order valence-electron chi connectivity index (χ2n) is 7.42. The molecule has 8 heteroatoms. The average molecular weight is 401 g/mol. The van der Waals surface area contributed by atoms with E-state index in [9.17, 15) is 15.0 Å². The molecule has 3 aromatic rings. The fraction of sp³-hybridized carbons (Fsp3) is 0.450. The van der Waals surface area contributed by atoms with Crippen LogP contribution in [0.25, 0.3) is 22.2 Å². The van der Waals surface area contributed by atoms with Crippen molar-refractivity contribution in [3.05, 3.63) is 45.3 Å². The first-order valence-electron chi connectivity index (χ1n) is 9.51. The van der Waals surface area contributed by atoms with E-state index in [0.717, 1.165) is 36.2 Å². The van der Waals surface area contributed by atoms with Crippen LogP contribution in [0.2, 0.25) is 0 Å². The molecule has 1 fully saturated rings. The van der Waals surface area contributed by atoms with E-state index in [1.165, 1.54) is 22.2 Å². The number of hydrogen-bond donors (Lipinski definition) is 3. The molecule has 1 aliphatic rings. The lowest BCUT2D eigenvalue weighted by atomic mass is 9.96. The number of thiazole rings is 1. The molecular formula is C20H24N4O3S. The van der Waals surface area contributed by atoms with Crippen molar-refractivity contribution in [1.82, 2.24) is 19.9 Å².